The maximum Gasteiger partial charge on any atom is 0.194 e. The van der Waals surface area contributed by atoms with E-state index in [1.165, 1.54) is 5.56 Å². The molecular formula is C20H26ClN5O. The van der Waals surface area contributed by atoms with Gasteiger partial charge < -0.3 is 14.7 Å². The van der Waals surface area contributed by atoms with Gasteiger partial charge >= 0.3 is 0 Å². The van der Waals surface area contributed by atoms with Gasteiger partial charge in [-0.3, -0.25) is 9.89 Å². The first-order valence-corrected chi connectivity index (χ1v) is 10.0. The van der Waals surface area contributed by atoms with Crippen LogP contribution >= 0.6 is 11.6 Å². The molecule has 2 aliphatic rings. The van der Waals surface area contributed by atoms with E-state index in [1.807, 2.05) is 18.2 Å². The van der Waals surface area contributed by atoms with Gasteiger partial charge in [-0.05, 0) is 31.0 Å². The van der Waals surface area contributed by atoms with Crippen LogP contribution in [0.25, 0.3) is 0 Å². The Morgan fingerprint density at radius 2 is 2.15 bits per heavy atom. The molecule has 1 saturated carbocycles. The molecule has 0 radical (unpaired) electrons. The van der Waals surface area contributed by atoms with Crippen LogP contribution in [-0.4, -0.2) is 59.7 Å². The van der Waals surface area contributed by atoms with Crippen LogP contribution in [0.5, 0.6) is 0 Å². The lowest BCUT2D eigenvalue weighted by Crippen LogP contribution is -2.52. The Labute approximate surface area is 165 Å². The molecule has 1 aliphatic heterocycles. The number of aliphatic imine (C=N–C) groups is 1. The Bertz CT molecular complexity index is 770. The summed E-state index contributed by atoms with van der Waals surface area (Å²) in [6, 6.07) is 10.6. The second kappa shape index (κ2) is 8.31. The fourth-order valence-electron chi connectivity index (χ4n) is 3.68. The zero-order chi connectivity index (χ0) is 18.6. The van der Waals surface area contributed by atoms with Gasteiger partial charge in [-0.1, -0.05) is 28.9 Å². The van der Waals surface area contributed by atoms with Crippen molar-refractivity contribution in [3.8, 4) is 0 Å². The van der Waals surface area contributed by atoms with Crippen molar-refractivity contribution in [2.24, 2.45) is 4.99 Å². The minimum absolute atomic E-state index is 0.446. The third-order valence-corrected chi connectivity index (χ3v) is 5.47. The van der Waals surface area contributed by atoms with Crippen LogP contribution in [-0.2, 0) is 6.54 Å². The summed E-state index contributed by atoms with van der Waals surface area (Å²) in [7, 11) is 0. The van der Waals surface area contributed by atoms with Gasteiger partial charge in [-0.15, -0.1) is 0 Å². The Morgan fingerprint density at radius 3 is 2.85 bits per heavy atom. The first kappa shape index (κ1) is 18.3. The molecule has 1 aliphatic carbocycles. The molecule has 1 aromatic heterocycles. The fourth-order valence-corrected chi connectivity index (χ4v) is 3.88. The maximum atomic E-state index is 6.14. The molecule has 0 amide bonds. The lowest BCUT2D eigenvalue weighted by Gasteiger charge is -2.36. The van der Waals surface area contributed by atoms with Gasteiger partial charge in [0.25, 0.3) is 0 Å². The molecule has 2 aromatic rings. The van der Waals surface area contributed by atoms with Gasteiger partial charge in [0.2, 0.25) is 0 Å². The Morgan fingerprint density at radius 1 is 1.30 bits per heavy atom. The zero-order valence-corrected chi connectivity index (χ0v) is 16.4. The molecular weight excluding hydrogens is 362 g/mol. The molecule has 7 heteroatoms. The summed E-state index contributed by atoms with van der Waals surface area (Å²) in [5, 5.41) is 8.50. The summed E-state index contributed by atoms with van der Waals surface area (Å²) in [6.07, 6.45) is 2.77. The van der Waals surface area contributed by atoms with Crippen molar-refractivity contribution in [3.05, 3.63) is 52.9 Å². The molecule has 1 saturated heterocycles. The lowest BCUT2D eigenvalue weighted by molar-refractivity contribution is 0.169. The molecule has 2 atom stereocenters. The monoisotopic (exact) mass is 387 g/mol. The summed E-state index contributed by atoms with van der Waals surface area (Å²) in [4.78, 5) is 9.51. The number of rotatable bonds is 5. The summed E-state index contributed by atoms with van der Waals surface area (Å²) in [5.74, 6) is 1.56. The first-order valence-electron chi connectivity index (χ1n) is 9.66. The van der Waals surface area contributed by atoms with Gasteiger partial charge in [0, 0.05) is 62.3 Å². The van der Waals surface area contributed by atoms with E-state index >= 15 is 0 Å². The van der Waals surface area contributed by atoms with Gasteiger partial charge in [0.05, 0.1) is 5.69 Å². The van der Waals surface area contributed by atoms with Gasteiger partial charge in [0.15, 0.2) is 5.96 Å². The molecule has 2 fully saturated rings. The average molecular weight is 388 g/mol. The minimum Gasteiger partial charge on any atom is -0.364 e. The number of nitrogens with zero attached hydrogens (tertiary/aromatic N) is 4. The summed E-state index contributed by atoms with van der Waals surface area (Å²) >= 11 is 6.14. The van der Waals surface area contributed by atoms with E-state index in [1.54, 1.807) is 6.26 Å². The lowest BCUT2D eigenvalue weighted by atomic mass is 10.1. The topological polar surface area (TPSA) is 56.9 Å². The Balaban J connectivity index is 1.31. The largest absolute Gasteiger partial charge is 0.364 e. The SMILES string of the molecule is CCN=C(NC1CC1c1cccc(Cl)c1)N1CCN(Cc2ccon2)CC1. The highest BCUT2D eigenvalue weighted by molar-refractivity contribution is 6.30. The van der Waals surface area contributed by atoms with Crippen molar-refractivity contribution < 1.29 is 4.52 Å². The van der Waals surface area contributed by atoms with E-state index in [0.717, 1.165) is 62.4 Å². The zero-order valence-electron chi connectivity index (χ0n) is 15.6. The summed E-state index contributed by atoms with van der Waals surface area (Å²) in [6.45, 7) is 7.66. The van der Waals surface area contributed by atoms with Crippen LogP contribution in [0.3, 0.4) is 0 Å². The summed E-state index contributed by atoms with van der Waals surface area (Å²) < 4.78 is 4.93. The number of piperazine rings is 1. The Kier molecular flexibility index (Phi) is 5.64. The minimum atomic E-state index is 0.446. The van der Waals surface area contributed by atoms with Crippen molar-refractivity contribution in [2.75, 3.05) is 32.7 Å². The van der Waals surface area contributed by atoms with E-state index < -0.39 is 0 Å². The van der Waals surface area contributed by atoms with E-state index in [0.29, 0.717) is 12.0 Å². The van der Waals surface area contributed by atoms with Crippen LogP contribution in [0.4, 0.5) is 0 Å². The quantitative estimate of drug-likeness (QED) is 0.631. The Hall–Kier alpha value is -2.05. The molecule has 1 aromatic carbocycles. The van der Waals surface area contributed by atoms with Gasteiger partial charge in [-0.25, -0.2) is 0 Å². The highest BCUT2D eigenvalue weighted by Gasteiger charge is 2.40. The molecule has 0 bridgehead atoms. The second-order valence-electron chi connectivity index (χ2n) is 7.20. The van der Waals surface area contributed by atoms with Gasteiger partial charge in [-0.2, -0.15) is 0 Å². The summed E-state index contributed by atoms with van der Waals surface area (Å²) in [5.41, 5.74) is 2.31. The normalized spacial score (nSPS) is 23.5. The molecule has 1 N–H and O–H groups in total. The van der Waals surface area contributed by atoms with E-state index in [2.05, 4.69) is 39.3 Å². The molecule has 27 heavy (non-hydrogen) atoms. The predicted octanol–water partition coefficient (Wildman–Crippen LogP) is 2.97. The van der Waals surface area contributed by atoms with Crippen molar-refractivity contribution >= 4 is 17.6 Å². The molecule has 4 rings (SSSR count). The standard InChI is InChI=1S/C20H26ClN5O/c1-2-22-20(23-19-13-18(19)15-4-3-5-16(21)12-15)26-9-7-25(8-10-26)14-17-6-11-27-24-17/h3-6,11-12,18-19H,2,7-10,13-14H2,1H3,(H,22,23). The molecule has 6 nitrogen and oxygen atoms in total. The number of halogens is 1. The van der Waals surface area contributed by atoms with Crippen molar-refractivity contribution in [3.63, 3.8) is 0 Å². The second-order valence-corrected chi connectivity index (χ2v) is 7.64. The van der Waals surface area contributed by atoms with Crippen LogP contribution in [0, 0.1) is 0 Å². The van der Waals surface area contributed by atoms with Gasteiger partial charge in [0.1, 0.15) is 6.26 Å². The highest BCUT2D eigenvalue weighted by atomic mass is 35.5. The number of nitrogens with one attached hydrogen (secondary N) is 1. The molecule has 2 heterocycles. The van der Waals surface area contributed by atoms with E-state index in [-0.39, 0.29) is 0 Å². The smallest absolute Gasteiger partial charge is 0.194 e. The number of benzene rings is 1. The highest BCUT2D eigenvalue weighted by Crippen LogP contribution is 2.41. The van der Waals surface area contributed by atoms with Crippen molar-refractivity contribution in [1.29, 1.82) is 0 Å². The number of aromatic nitrogens is 1. The third-order valence-electron chi connectivity index (χ3n) is 5.24. The van der Waals surface area contributed by atoms with E-state index in [9.17, 15) is 0 Å². The van der Waals surface area contributed by atoms with Crippen LogP contribution < -0.4 is 5.32 Å². The van der Waals surface area contributed by atoms with E-state index in [4.69, 9.17) is 21.1 Å². The van der Waals surface area contributed by atoms with Crippen LogP contribution in [0.2, 0.25) is 5.02 Å². The van der Waals surface area contributed by atoms with Crippen molar-refractivity contribution in [2.45, 2.75) is 31.8 Å². The predicted molar refractivity (Wildman–Crippen MR) is 107 cm³/mol. The number of hydrogen-bond donors (Lipinski definition) is 1. The first-order chi connectivity index (χ1) is 13.2. The van der Waals surface area contributed by atoms with Crippen molar-refractivity contribution in [1.82, 2.24) is 20.3 Å². The molecule has 144 valence electrons. The molecule has 0 spiro atoms. The maximum absolute atomic E-state index is 6.14. The number of guanidine groups is 1. The average Bonchev–Trinajstić information content (AvgIpc) is 3.26. The third kappa shape index (κ3) is 4.62. The molecule has 2 unspecified atom stereocenters. The van der Waals surface area contributed by atoms with Crippen LogP contribution in [0.15, 0.2) is 46.1 Å². The van der Waals surface area contributed by atoms with Crippen LogP contribution in [0.1, 0.15) is 30.5 Å². The number of hydrogen-bond acceptors (Lipinski definition) is 4. The fraction of sp³-hybridized carbons (Fsp3) is 0.500.